The molecule has 0 spiro atoms. The molecule has 0 bridgehead atoms. The Labute approximate surface area is 139 Å². The van der Waals surface area contributed by atoms with Crippen molar-refractivity contribution in [3.8, 4) is 0 Å². The van der Waals surface area contributed by atoms with Gasteiger partial charge in [0.1, 0.15) is 0 Å². The van der Waals surface area contributed by atoms with Gasteiger partial charge in [0.05, 0.1) is 11.0 Å². The summed E-state index contributed by atoms with van der Waals surface area (Å²) in [4.78, 5) is 10.2. The first kappa shape index (κ1) is 16.6. The fourth-order valence-corrected chi connectivity index (χ4v) is 4.89. The van der Waals surface area contributed by atoms with Crippen LogP contribution in [0.5, 0.6) is 0 Å². The fourth-order valence-electron chi connectivity index (χ4n) is 3.11. The zero-order valence-corrected chi connectivity index (χ0v) is 13.6. The monoisotopic (exact) mass is 347 g/mol. The van der Waals surface area contributed by atoms with E-state index in [9.17, 15) is 18.5 Å². The highest BCUT2D eigenvalue weighted by molar-refractivity contribution is 7.89. The van der Waals surface area contributed by atoms with Gasteiger partial charge < -0.3 is 5.73 Å². The van der Waals surface area contributed by atoms with Crippen LogP contribution in [0.2, 0.25) is 0 Å². The van der Waals surface area contributed by atoms with Gasteiger partial charge in [0, 0.05) is 19.2 Å². The molecule has 7 nitrogen and oxygen atoms in total. The third-order valence-corrected chi connectivity index (χ3v) is 6.19. The molecule has 3 rings (SSSR count). The van der Waals surface area contributed by atoms with Gasteiger partial charge in [-0.1, -0.05) is 36.4 Å². The molecular formula is C16H17N3O4S. The number of sulfonamides is 1. The number of fused-ring (bicyclic) bond motifs is 1. The lowest BCUT2D eigenvalue weighted by Crippen LogP contribution is -2.43. The van der Waals surface area contributed by atoms with Gasteiger partial charge in [0.15, 0.2) is 4.90 Å². The molecule has 0 fully saturated rings. The van der Waals surface area contributed by atoms with E-state index in [1.54, 1.807) is 0 Å². The number of nitro groups is 1. The third kappa shape index (κ3) is 2.68. The predicted molar refractivity (Wildman–Crippen MR) is 88.9 cm³/mol. The molecule has 24 heavy (non-hydrogen) atoms. The molecule has 0 saturated carbocycles. The van der Waals surface area contributed by atoms with Crippen molar-refractivity contribution in [3.63, 3.8) is 0 Å². The highest BCUT2D eigenvalue weighted by Gasteiger charge is 2.38. The molecule has 2 aromatic rings. The second-order valence-electron chi connectivity index (χ2n) is 5.54. The summed E-state index contributed by atoms with van der Waals surface area (Å²) in [6.45, 7) is 0.351. The summed E-state index contributed by atoms with van der Waals surface area (Å²) in [5.74, 6) is 0. The molecule has 0 aliphatic carbocycles. The number of nitrogens with two attached hydrogens (primary N) is 1. The largest absolute Gasteiger partial charge is 0.329 e. The van der Waals surface area contributed by atoms with Gasteiger partial charge in [-0.2, -0.15) is 4.31 Å². The Morgan fingerprint density at radius 3 is 2.54 bits per heavy atom. The van der Waals surface area contributed by atoms with Gasteiger partial charge >= 0.3 is 0 Å². The number of benzene rings is 2. The molecule has 1 aliphatic heterocycles. The standard InChI is InChI=1S/C16H17N3O4S/c17-11-15-13-6-2-1-5-12(13)9-10-18(15)24(22,23)16-8-4-3-7-14(16)19(20)21/h1-8,15H,9-11,17H2. The van der Waals surface area contributed by atoms with E-state index in [1.807, 2.05) is 24.3 Å². The lowest BCUT2D eigenvalue weighted by atomic mass is 9.94. The van der Waals surface area contributed by atoms with Gasteiger partial charge in [0.25, 0.3) is 15.7 Å². The Kier molecular flexibility index (Phi) is 4.35. The quantitative estimate of drug-likeness (QED) is 0.671. The Bertz CT molecular complexity index is 882. The van der Waals surface area contributed by atoms with Crippen molar-refractivity contribution in [2.24, 2.45) is 5.73 Å². The van der Waals surface area contributed by atoms with Crippen molar-refractivity contribution in [3.05, 3.63) is 69.8 Å². The molecular weight excluding hydrogens is 330 g/mol. The van der Waals surface area contributed by atoms with E-state index in [1.165, 1.54) is 28.6 Å². The van der Waals surface area contributed by atoms with Gasteiger partial charge in [-0.15, -0.1) is 0 Å². The zero-order valence-electron chi connectivity index (χ0n) is 12.8. The maximum Gasteiger partial charge on any atom is 0.289 e. The minimum atomic E-state index is -4.03. The maximum absolute atomic E-state index is 13.1. The van der Waals surface area contributed by atoms with Crippen LogP contribution in [0.4, 0.5) is 5.69 Å². The van der Waals surface area contributed by atoms with Crippen LogP contribution in [0.3, 0.4) is 0 Å². The van der Waals surface area contributed by atoms with E-state index in [-0.39, 0.29) is 18.0 Å². The smallest absolute Gasteiger partial charge is 0.289 e. The highest BCUT2D eigenvalue weighted by atomic mass is 32.2. The summed E-state index contributed by atoms with van der Waals surface area (Å²) in [5, 5.41) is 11.2. The van der Waals surface area contributed by atoms with Crippen LogP contribution in [0.1, 0.15) is 17.2 Å². The summed E-state index contributed by atoms with van der Waals surface area (Å²) < 4.78 is 27.4. The lowest BCUT2D eigenvalue weighted by Gasteiger charge is -2.35. The molecule has 1 aliphatic rings. The Morgan fingerprint density at radius 1 is 1.17 bits per heavy atom. The number of nitrogens with zero attached hydrogens (tertiary/aromatic N) is 2. The van der Waals surface area contributed by atoms with E-state index in [4.69, 9.17) is 5.73 Å². The number of hydrogen-bond acceptors (Lipinski definition) is 5. The molecule has 0 amide bonds. The van der Waals surface area contributed by atoms with Crippen LogP contribution in [-0.4, -0.2) is 30.7 Å². The Morgan fingerprint density at radius 2 is 1.83 bits per heavy atom. The first-order chi connectivity index (χ1) is 11.5. The van der Waals surface area contributed by atoms with Crippen molar-refractivity contribution in [1.82, 2.24) is 4.31 Å². The molecule has 126 valence electrons. The van der Waals surface area contributed by atoms with Crippen molar-refractivity contribution < 1.29 is 13.3 Å². The average molecular weight is 347 g/mol. The SMILES string of the molecule is NCC1c2ccccc2CCN1S(=O)(=O)c1ccccc1[N+](=O)[O-]. The highest BCUT2D eigenvalue weighted by Crippen LogP contribution is 2.35. The zero-order chi connectivity index (χ0) is 17.3. The number of rotatable bonds is 4. The first-order valence-electron chi connectivity index (χ1n) is 7.50. The molecule has 8 heteroatoms. The van der Waals surface area contributed by atoms with Gasteiger partial charge in [0.2, 0.25) is 0 Å². The molecule has 0 radical (unpaired) electrons. The first-order valence-corrected chi connectivity index (χ1v) is 8.94. The normalized spacial score (nSPS) is 18.1. The fraction of sp³-hybridized carbons (Fsp3) is 0.250. The minimum Gasteiger partial charge on any atom is -0.329 e. The number of para-hydroxylation sites is 1. The number of nitro benzene ring substituents is 1. The molecule has 1 unspecified atom stereocenters. The van der Waals surface area contributed by atoms with Crippen molar-refractivity contribution >= 4 is 15.7 Å². The Balaban J connectivity index is 2.10. The van der Waals surface area contributed by atoms with Gasteiger partial charge in [-0.25, -0.2) is 8.42 Å². The molecule has 1 atom stereocenters. The van der Waals surface area contributed by atoms with E-state index in [2.05, 4.69) is 0 Å². The predicted octanol–water partition coefficient (Wildman–Crippen LogP) is 1.84. The van der Waals surface area contributed by atoms with Crippen LogP contribution >= 0.6 is 0 Å². The minimum absolute atomic E-state index is 0.108. The summed E-state index contributed by atoms with van der Waals surface area (Å²) in [5.41, 5.74) is 7.33. The van der Waals surface area contributed by atoms with E-state index in [0.717, 1.165) is 11.1 Å². The van der Waals surface area contributed by atoms with Gasteiger partial charge in [-0.05, 0) is 23.6 Å². The van der Waals surface area contributed by atoms with Crippen LogP contribution in [0.25, 0.3) is 0 Å². The lowest BCUT2D eigenvalue weighted by molar-refractivity contribution is -0.387. The van der Waals surface area contributed by atoms with E-state index < -0.39 is 26.7 Å². The number of hydrogen-bond donors (Lipinski definition) is 1. The molecule has 1 heterocycles. The van der Waals surface area contributed by atoms with Gasteiger partial charge in [-0.3, -0.25) is 10.1 Å². The Hall–Kier alpha value is -2.29. The molecule has 0 saturated heterocycles. The second-order valence-corrected chi connectivity index (χ2v) is 7.40. The summed E-state index contributed by atoms with van der Waals surface area (Å²) >= 11 is 0. The van der Waals surface area contributed by atoms with Crippen molar-refractivity contribution in [2.75, 3.05) is 13.1 Å². The van der Waals surface area contributed by atoms with Crippen LogP contribution in [0, 0.1) is 10.1 Å². The molecule has 0 aromatic heterocycles. The summed E-state index contributed by atoms with van der Waals surface area (Å²) in [6, 6.07) is 12.4. The van der Waals surface area contributed by atoms with E-state index >= 15 is 0 Å². The second kappa shape index (κ2) is 6.31. The summed E-state index contributed by atoms with van der Waals surface area (Å²) in [7, 11) is -4.03. The van der Waals surface area contributed by atoms with Crippen molar-refractivity contribution in [1.29, 1.82) is 0 Å². The average Bonchev–Trinajstić information content (AvgIpc) is 2.60. The topological polar surface area (TPSA) is 107 Å². The molecule has 2 aromatic carbocycles. The maximum atomic E-state index is 13.1. The van der Waals surface area contributed by atoms with Crippen LogP contribution in [-0.2, 0) is 16.4 Å². The molecule has 2 N–H and O–H groups in total. The van der Waals surface area contributed by atoms with Crippen LogP contribution in [0.15, 0.2) is 53.4 Å². The van der Waals surface area contributed by atoms with Crippen LogP contribution < -0.4 is 5.73 Å². The summed E-state index contributed by atoms with van der Waals surface area (Å²) in [6.07, 6.45) is 0.548. The van der Waals surface area contributed by atoms with E-state index in [0.29, 0.717) is 6.42 Å². The third-order valence-electron chi connectivity index (χ3n) is 4.24. The van der Waals surface area contributed by atoms with Crippen molar-refractivity contribution in [2.45, 2.75) is 17.4 Å².